The number of rotatable bonds is 12. The van der Waals surface area contributed by atoms with E-state index in [4.69, 9.17) is 0 Å². The fourth-order valence-corrected chi connectivity index (χ4v) is 4.02. The van der Waals surface area contributed by atoms with Gasteiger partial charge in [0.2, 0.25) is 0 Å². The van der Waals surface area contributed by atoms with Gasteiger partial charge in [0.1, 0.15) is 28.2 Å². The van der Waals surface area contributed by atoms with Gasteiger partial charge in [0.05, 0.1) is 11.3 Å². The van der Waals surface area contributed by atoms with Gasteiger partial charge in [-0.3, -0.25) is 4.55 Å². The molecule has 0 radical (unpaired) electrons. The van der Waals surface area contributed by atoms with Crippen molar-refractivity contribution in [1.82, 2.24) is 4.98 Å². The zero-order valence-corrected chi connectivity index (χ0v) is 20.4. The number of pyridine rings is 1. The van der Waals surface area contributed by atoms with Crippen LogP contribution in [0.2, 0.25) is 0 Å². The van der Waals surface area contributed by atoms with Crippen LogP contribution in [0.5, 0.6) is 0 Å². The Labute approximate surface area is 199 Å². The molecule has 3 N–H and O–H groups in total. The molecular weight excluding hydrogens is 480 g/mol. The van der Waals surface area contributed by atoms with Crippen molar-refractivity contribution in [2.75, 3.05) is 29.5 Å². The van der Waals surface area contributed by atoms with E-state index in [1.165, 1.54) is 24.3 Å². The number of aromatic nitrogens is 1. The maximum Gasteiger partial charge on any atom is 0.296 e. The topological polar surface area (TPSA) is 174 Å². The van der Waals surface area contributed by atoms with Gasteiger partial charge in [-0.25, -0.2) is 13.4 Å². The van der Waals surface area contributed by atoms with Gasteiger partial charge in [-0.05, 0) is 25.5 Å². The summed E-state index contributed by atoms with van der Waals surface area (Å²) in [4.78, 5) is 3.98. The molecule has 0 unspecified atom stereocenters. The number of benzene rings is 1. The molecule has 0 aliphatic heterocycles. The molecule has 11 nitrogen and oxygen atoms in total. The lowest BCUT2D eigenvalue weighted by atomic mass is 10.1. The number of sulfone groups is 1. The molecule has 1 heterocycles. The zero-order valence-electron chi connectivity index (χ0n) is 18.8. The molecule has 2 rings (SSSR count). The highest BCUT2D eigenvalue weighted by Crippen LogP contribution is 2.35. The number of hydrogen-bond acceptors (Lipinski definition) is 10. The van der Waals surface area contributed by atoms with Crippen molar-refractivity contribution in [2.45, 2.75) is 31.6 Å². The third-order valence-corrected chi connectivity index (χ3v) is 6.87. The fraction of sp³-hybridized carbons (Fsp3) is 0.333. The maximum atomic E-state index is 11.8. The Balaban J connectivity index is 2.57. The first-order chi connectivity index (χ1) is 16.0. The molecule has 0 saturated heterocycles. The minimum atomic E-state index is -4.55. The first kappa shape index (κ1) is 26.9. The molecule has 13 heteroatoms. The summed E-state index contributed by atoms with van der Waals surface area (Å²) in [6.07, 6.45) is 1.78. The second-order valence-electron chi connectivity index (χ2n) is 7.15. The first-order valence-electron chi connectivity index (χ1n) is 10.3. The van der Waals surface area contributed by atoms with Crippen LogP contribution in [0.15, 0.2) is 51.4 Å². The van der Waals surface area contributed by atoms with E-state index in [1.54, 1.807) is 6.92 Å². The van der Waals surface area contributed by atoms with Crippen LogP contribution in [0.1, 0.15) is 30.9 Å². The summed E-state index contributed by atoms with van der Waals surface area (Å²) in [5, 5.41) is 24.6. The highest BCUT2D eigenvalue weighted by Gasteiger charge is 2.19. The molecule has 0 fully saturated rings. The molecule has 0 amide bonds. The van der Waals surface area contributed by atoms with Gasteiger partial charge >= 0.3 is 0 Å². The van der Waals surface area contributed by atoms with Crippen molar-refractivity contribution >= 4 is 43.0 Å². The Kier molecular flexibility index (Phi) is 9.25. The van der Waals surface area contributed by atoms with Crippen LogP contribution in [0.4, 0.5) is 23.0 Å². The summed E-state index contributed by atoms with van der Waals surface area (Å²) in [6, 6.07) is 7.56. The molecule has 2 aromatic rings. The summed E-state index contributed by atoms with van der Waals surface area (Å²) >= 11 is 0. The highest BCUT2D eigenvalue weighted by molar-refractivity contribution is 7.94. The van der Waals surface area contributed by atoms with Gasteiger partial charge in [0.15, 0.2) is 15.7 Å². The number of nitrogens with zero attached hydrogens (tertiary/aromatic N) is 4. The number of azo groups is 1. The maximum absolute atomic E-state index is 11.8. The average molecular weight is 507 g/mol. The van der Waals surface area contributed by atoms with Gasteiger partial charge in [-0.2, -0.15) is 13.7 Å². The largest absolute Gasteiger partial charge is 0.369 e. The van der Waals surface area contributed by atoms with Crippen LogP contribution in [0, 0.1) is 18.3 Å². The van der Waals surface area contributed by atoms with Crippen molar-refractivity contribution in [2.24, 2.45) is 10.2 Å². The number of unbranched alkanes of at least 4 members (excludes halogenated alkanes) is 1. The quantitative estimate of drug-likeness (QED) is 0.217. The second kappa shape index (κ2) is 11.7. The van der Waals surface area contributed by atoms with Crippen molar-refractivity contribution < 1.29 is 21.4 Å². The van der Waals surface area contributed by atoms with E-state index in [-0.39, 0.29) is 35.1 Å². The van der Waals surface area contributed by atoms with E-state index in [1.807, 2.05) is 6.92 Å². The van der Waals surface area contributed by atoms with Crippen LogP contribution in [0.3, 0.4) is 0 Å². The normalized spacial score (nSPS) is 11.8. The lowest BCUT2D eigenvalue weighted by Gasteiger charge is -2.15. The standard InChI is InChI=1S/C21H26N6O5S2/c1-4-6-11-23-20-16(14-22)15(3)19(21(25-20)24-12-13-33(28,29)5-2)27-26-17-9-7-8-10-18(17)34(30,31)32/h5,7-10H,2,4,6,11-13H2,1,3H3,(H2,23,24,25)(H,30,31,32)/b27-26+. The monoisotopic (exact) mass is 506 g/mol. The Hall–Kier alpha value is -3.34. The van der Waals surface area contributed by atoms with Crippen molar-refractivity contribution in [1.29, 1.82) is 5.26 Å². The fourth-order valence-electron chi connectivity index (χ4n) is 2.84. The number of hydrogen-bond donors (Lipinski definition) is 3. The molecule has 34 heavy (non-hydrogen) atoms. The molecule has 0 aliphatic rings. The Bertz CT molecular complexity index is 1330. The molecule has 0 spiro atoms. The van der Waals surface area contributed by atoms with Gasteiger partial charge < -0.3 is 10.6 Å². The van der Waals surface area contributed by atoms with Gasteiger partial charge in [0.25, 0.3) is 10.1 Å². The van der Waals surface area contributed by atoms with Crippen molar-refractivity contribution in [3.63, 3.8) is 0 Å². The molecule has 0 aliphatic carbocycles. The summed E-state index contributed by atoms with van der Waals surface area (Å²) in [5.41, 5.74) is 0.628. The minimum Gasteiger partial charge on any atom is -0.369 e. The summed E-state index contributed by atoms with van der Waals surface area (Å²) in [5.74, 6) is 0.209. The lowest BCUT2D eigenvalue weighted by molar-refractivity contribution is 0.483. The predicted molar refractivity (Wildman–Crippen MR) is 130 cm³/mol. The molecule has 1 aromatic carbocycles. The molecule has 0 bridgehead atoms. The van der Waals surface area contributed by atoms with Crippen LogP contribution in [-0.2, 0) is 20.0 Å². The minimum absolute atomic E-state index is 0.0226. The Morgan fingerprint density at radius 3 is 2.44 bits per heavy atom. The van der Waals surface area contributed by atoms with Crippen LogP contribution < -0.4 is 10.6 Å². The van der Waals surface area contributed by atoms with E-state index < -0.39 is 24.9 Å². The van der Waals surface area contributed by atoms with E-state index >= 15 is 0 Å². The number of anilines is 2. The van der Waals surface area contributed by atoms with Crippen molar-refractivity contribution in [3.05, 3.63) is 47.4 Å². The van der Waals surface area contributed by atoms with Crippen molar-refractivity contribution in [3.8, 4) is 6.07 Å². The summed E-state index contributed by atoms with van der Waals surface area (Å²) in [6.45, 7) is 7.48. The molecule has 1 aromatic heterocycles. The third-order valence-electron chi connectivity index (χ3n) is 4.68. The third kappa shape index (κ3) is 7.08. The summed E-state index contributed by atoms with van der Waals surface area (Å²) < 4.78 is 56.3. The average Bonchev–Trinajstić information content (AvgIpc) is 2.78. The molecular formula is C21H26N6O5S2. The zero-order chi connectivity index (χ0) is 25.4. The van der Waals surface area contributed by atoms with E-state index in [0.717, 1.165) is 18.2 Å². The van der Waals surface area contributed by atoms with Gasteiger partial charge in [-0.15, -0.1) is 10.2 Å². The molecule has 0 atom stereocenters. The predicted octanol–water partition coefficient (Wildman–Crippen LogP) is 4.11. The first-order valence-corrected chi connectivity index (χ1v) is 13.5. The number of nitrogens with one attached hydrogen (secondary N) is 2. The van der Waals surface area contributed by atoms with E-state index in [9.17, 15) is 26.7 Å². The number of nitriles is 1. The van der Waals surface area contributed by atoms with E-state index in [0.29, 0.717) is 17.9 Å². The van der Waals surface area contributed by atoms with Crippen LogP contribution in [-0.4, -0.2) is 45.2 Å². The van der Waals surface area contributed by atoms with E-state index in [2.05, 4.69) is 38.5 Å². The second-order valence-corrected chi connectivity index (χ2v) is 10.6. The van der Waals surface area contributed by atoms with Gasteiger partial charge in [-0.1, -0.05) is 32.1 Å². The smallest absolute Gasteiger partial charge is 0.296 e. The SMILES string of the molecule is C=CS(=O)(=O)CCNc1nc(NCCCC)c(C#N)c(C)c1/N=N/c1ccccc1S(=O)(=O)O. The van der Waals surface area contributed by atoms with Crippen LogP contribution >= 0.6 is 0 Å². The van der Waals surface area contributed by atoms with Crippen LogP contribution in [0.25, 0.3) is 0 Å². The molecule has 182 valence electrons. The Morgan fingerprint density at radius 1 is 1.15 bits per heavy atom. The Morgan fingerprint density at radius 2 is 1.82 bits per heavy atom. The van der Waals surface area contributed by atoms with Gasteiger partial charge in [0, 0.05) is 24.1 Å². The lowest BCUT2D eigenvalue weighted by Crippen LogP contribution is -2.15. The summed E-state index contributed by atoms with van der Waals surface area (Å²) in [7, 11) is -8.02. The highest BCUT2D eigenvalue weighted by atomic mass is 32.2. The molecule has 0 saturated carbocycles.